The van der Waals surface area contributed by atoms with Crippen molar-refractivity contribution in [1.82, 2.24) is 14.5 Å². The van der Waals surface area contributed by atoms with Crippen LogP contribution in [0.15, 0.2) is 41.6 Å². The molecule has 2 saturated heterocycles. The van der Waals surface area contributed by atoms with Crippen LogP contribution in [0.1, 0.15) is 45.1 Å². The van der Waals surface area contributed by atoms with Crippen LogP contribution >= 0.6 is 7.82 Å². The first-order valence-corrected chi connectivity index (χ1v) is 16.5. The highest BCUT2D eigenvalue weighted by atomic mass is 31.2. The summed E-state index contributed by atoms with van der Waals surface area (Å²) in [5.74, 6) is -3.79. The van der Waals surface area contributed by atoms with E-state index >= 15 is 8.78 Å². The van der Waals surface area contributed by atoms with Gasteiger partial charge in [0, 0.05) is 25.0 Å². The van der Waals surface area contributed by atoms with Crippen molar-refractivity contribution in [1.29, 1.82) is 0 Å². The van der Waals surface area contributed by atoms with Crippen molar-refractivity contribution in [2.45, 2.75) is 75.8 Å². The van der Waals surface area contributed by atoms with Gasteiger partial charge in [-0.2, -0.15) is 13.8 Å². The average molecular weight is 575 g/mol. The molecule has 0 aliphatic carbocycles. The molecule has 0 aromatic carbocycles. The maximum absolute atomic E-state index is 15.9. The summed E-state index contributed by atoms with van der Waals surface area (Å²) in [7, 11) is -6.91. The van der Waals surface area contributed by atoms with Gasteiger partial charge >= 0.3 is 19.4 Å². The fourth-order valence-corrected chi connectivity index (χ4v) is 6.59. The Balaban J connectivity index is 1.59. The summed E-state index contributed by atoms with van der Waals surface area (Å²) in [6.07, 6.45) is -1.21. The van der Waals surface area contributed by atoms with Gasteiger partial charge in [0.2, 0.25) is 6.23 Å². The molecule has 210 valence electrons. The number of anilines is 1. The first-order valence-electron chi connectivity index (χ1n) is 12.2. The Hall–Kier alpha value is -2.06. The third kappa shape index (κ3) is 5.91. The Morgan fingerprint density at radius 1 is 1.26 bits per heavy atom. The van der Waals surface area contributed by atoms with Crippen molar-refractivity contribution in [2.75, 3.05) is 18.9 Å². The van der Waals surface area contributed by atoms with E-state index < -0.39 is 63.9 Å². The minimum atomic E-state index is -4.13. The van der Waals surface area contributed by atoms with Crippen molar-refractivity contribution in [2.24, 2.45) is 0 Å². The number of rotatable bonds is 7. The van der Waals surface area contributed by atoms with Crippen LogP contribution in [0, 0.1) is 0 Å². The molecule has 0 radical (unpaired) electrons. The van der Waals surface area contributed by atoms with Gasteiger partial charge in [-0.3, -0.25) is 23.1 Å². The van der Waals surface area contributed by atoms with Crippen LogP contribution < -0.4 is 11.4 Å². The van der Waals surface area contributed by atoms with Gasteiger partial charge in [-0.1, -0.05) is 20.8 Å². The zero-order valence-electron chi connectivity index (χ0n) is 21.9. The molecule has 0 bridgehead atoms. The summed E-state index contributed by atoms with van der Waals surface area (Å²) < 4.78 is 74.0. The lowest BCUT2D eigenvalue weighted by atomic mass is 10.1. The molecule has 0 saturated carbocycles. The van der Waals surface area contributed by atoms with Gasteiger partial charge in [0.15, 0.2) is 8.32 Å². The number of ether oxygens (including phenoxy) is 1. The topological polar surface area (TPSA) is 137 Å². The Labute approximate surface area is 220 Å². The number of aromatic nitrogens is 3. The van der Waals surface area contributed by atoms with Crippen LogP contribution in [-0.4, -0.2) is 54.2 Å². The lowest BCUT2D eigenvalue weighted by Gasteiger charge is -2.40. The third-order valence-electron chi connectivity index (χ3n) is 7.04. The number of nitrogen functional groups attached to an aromatic ring is 1. The fourth-order valence-electron chi connectivity index (χ4n) is 3.90. The van der Waals surface area contributed by atoms with E-state index in [0.29, 0.717) is 11.0 Å². The third-order valence-corrected chi connectivity index (χ3v) is 13.0. The molecule has 4 rings (SSSR count). The zero-order valence-corrected chi connectivity index (χ0v) is 23.8. The molecule has 38 heavy (non-hydrogen) atoms. The van der Waals surface area contributed by atoms with Gasteiger partial charge in [0.25, 0.3) is 0 Å². The summed E-state index contributed by atoms with van der Waals surface area (Å²) in [6.45, 7) is 8.84. The highest BCUT2D eigenvalue weighted by Gasteiger charge is 2.63. The fraction of sp³-hybridized carbons (Fsp3) is 0.609. The molecule has 2 aromatic rings. The normalized spacial score (nSPS) is 29.9. The zero-order chi connectivity index (χ0) is 27.9. The van der Waals surface area contributed by atoms with Crippen LogP contribution in [0.3, 0.4) is 0 Å². The second kappa shape index (κ2) is 10.5. The lowest BCUT2D eigenvalue weighted by Crippen LogP contribution is -2.52. The van der Waals surface area contributed by atoms with Crippen molar-refractivity contribution in [3.05, 3.63) is 52.8 Å². The monoisotopic (exact) mass is 574 g/mol. The van der Waals surface area contributed by atoms with Crippen LogP contribution in [0.2, 0.25) is 18.1 Å². The molecule has 2 fully saturated rings. The van der Waals surface area contributed by atoms with Gasteiger partial charge < -0.3 is 14.9 Å². The van der Waals surface area contributed by atoms with Crippen LogP contribution in [-0.2, 0) is 27.3 Å². The minimum absolute atomic E-state index is 0.0744. The highest BCUT2D eigenvalue weighted by molar-refractivity contribution is 7.48. The molecule has 2 aromatic heterocycles. The largest absolute Gasteiger partial charge is 0.475 e. The lowest BCUT2D eigenvalue weighted by molar-refractivity contribution is -0.138. The first kappa shape index (κ1) is 28.9. The molecule has 5 atom stereocenters. The number of hydrogen-bond acceptors (Lipinski definition) is 10. The van der Waals surface area contributed by atoms with E-state index in [1.54, 1.807) is 24.5 Å². The van der Waals surface area contributed by atoms with E-state index in [1.807, 2.05) is 33.9 Å². The molecule has 11 nitrogen and oxygen atoms in total. The molecular weight excluding hydrogens is 541 g/mol. The quantitative estimate of drug-likeness (QED) is 0.373. The molecule has 0 amide bonds. The number of phosphoric acid groups is 1. The number of phosphoric ester groups is 1. The van der Waals surface area contributed by atoms with Crippen molar-refractivity contribution < 1.29 is 36.1 Å². The van der Waals surface area contributed by atoms with Crippen molar-refractivity contribution in [3.8, 4) is 0 Å². The summed E-state index contributed by atoms with van der Waals surface area (Å²) in [4.78, 5) is 19.9. The molecule has 4 heterocycles. The molecule has 2 N–H and O–H groups in total. The van der Waals surface area contributed by atoms with Gasteiger partial charge in [-0.15, -0.1) is 0 Å². The van der Waals surface area contributed by atoms with E-state index in [0.717, 1.165) is 11.8 Å². The maximum atomic E-state index is 15.9. The van der Waals surface area contributed by atoms with Crippen LogP contribution in [0.5, 0.6) is 0 Å². The minimum Gasteiger partial charge on any atom is -0.405 e. The van der Waals surface area contributed by atoms with E-state index in [9.17, 15) is 9.36 Å². The van der Waals surface area contributed by atoms with Gasteiger partial charge in [-0.25, -0.2) is 9.36 Å². The maximum Gasteiger partial charge on any atom is 0.475 e. The first-order chi connectivity index (χ1) is 17.6. The molecular formula is C23H33F2N4O7PSi. The molecule has 0 spiro atoms. The van der Waals surface area contributed by atoms with Gasteiger partial charge in [0.1, 0.15) is 18.0 Å². The number of pyridine rings is 1. The smallest absolute Gasteiger partial charge is 0.405 e. The van der Waals surface area contributed by atoms with E-state index in [-0.39, 0.29) is 12.4 Å². The molecule has 2 aliphatic rings. The summed E-state index contributed by atoms with van der Waals surface area (Å²) >= 11 is 0. The average Bonchev–Trinajstić information content (AvgIpc) is 3.07. The number of alkyl halides is 2. The number of halogens is 2. The summed E-state index contributed by atoms with van der Waals surface area (Å²) in [5, 5.41) is -0.410. The summed E-state index contributed by atoms with van der Waals surface area (Å²) in [5.41, 5.74) is 5.25. The Kier molecular flexibility index (Phi) is 7.99. The predicted molar refractivity (Wildman–Crippen MR) is 136 cm³/mol. The Morgan fingerprint density at radius 2 is 1.95 bits per heavy atom. The van der Waals surface area contributed by atoms with E-state index in [4.69, 9.17) is 28.5 Å². The standard InChI is InChI=1S/C23H33F2N4O7PSi/c1-22(2,3)38(4,5)36-19-17(34-20(23(19,24)25)29-12-8-18(26)28-21(29)30)14-33-37(31)32-13-9-16(35-37)15-6-10-27-11-7-15/h6-8,10-12,16-17,19-20H,9,13-14H2,1-5H3,(H2,26,28,30)/t16-,17-,19-,20-,37+/m1/s1. The summed E-state index contributed by atoms with van der Waals surface area (Å²) in [6, 6.07) is 4.65. The highest BCUT2D eigenvalue weighted by Crippen LogP contribution is 2.58. The predicted octanol–water partition coefficient (Wildman–Crippen LogP) is 4.45. The van der Waals surface area contributed by atoms with Gasteiger partial charge in [-0.05, 0) is 41.9 Å². The molecule has 0 unspecified atom stereocenters. The second-order valence-electron chi connectivity index (χ2n) is 10.8. The van der Waals surface area contributed by atoms with Crippen molar-refractivity contribution >= 4 is 22.0 Å². The van der Waals surface area contributed by atoms with E-state index in [2.05, 4.69) is 9.97 Å². The number of nitrogens with two attached hydrogens (primary N) is 1. The Morgan fingerprint density at radius 3 is 2.58 bits per heavy atom. The Bertz CT molecular complexity index is 1240. The molecule has 15 heteroatoms. The van der Waals surface area contributed by atoms with Gasteiger partial charge in [0.05, 0.1) is 19.3 Å². The second-order valence-corrected chi connectivity index (χ2v) is 17.2. The van der Waals surface area contributed by atoms with Crippen LogP contribution in [0.4, 0.5) is 14.6 Å². The van der Waals surface area contributed by atoms with E-state index in [1.165, 1.54) is 6.07 Å². The van der Waals surface area contributed by atoms with Crippen molar-refractivity contribution in [3.63, 3.8) is 0 Å². The SMILES string of the molecule is CC(C)(C)[Si](C)(C)O[C@@H]1[C@@H](CO[P@]2(=O)OCC[C@H](c3ccncc3)O2)O[C@@H](n2ccc(N)nc2=O)C1(F)F. The number of nitrogens with zero attached hydrogens (tertiary/aromatic N) is 3. The molecule has 2 aliphatic heterocycles. The number of hydrogen-bond donors (Lipinski definition) is 1. The van der Waals surface area contributed by atoms with Crippen LogP contribution in [0.25, 0.3) is 0 Å².